The van der Waals surface area contributed by atoms with E-state index in [1.165, 1.54) is 173 Å². The highest BCUT2D eigenvalue weighted by Crippen LogP contribution is 2.38. The van der Waals surface area contributed by atoms with Crippen molar-refractivity contribution in [3.63, 3.8) is 0 Å². The Kier molecular flexibility index (Phi) is 60.7. The number of unbranched alkanes of at least 4 members (excludes halogenated alkanes) is 33. The van der Waals surface area contributed by atoms with Crippen LogP contribution in [0.15, 0.2) is 97.2 Å². The minimum Gasteiger partial charge on any atom is -0.756 e. The molecule has 84 heavy (non-hydrogen) atoms. The molecule has 0 aromatic carbocycles. The number of phosphoric acid groups is 1. The van der Waals surface area contributed by atoms with E-state index in [1.807, 2.05) is 33.3 Å². The van der Waals surface area contributed by atoms with Crippen LogP contribution in [0, 0.1) is 0 Å². The quantitative estimate of drug-likeness (QED) is 0.0212. The van der Waals surface area contributed by atoms with Crippen LogP contribution in [-0.2, 0) is 27.9 Å². The zero-order valence-corrected chi connectivity index (χ0v) is 56.5. The van der Waals surface area contributed by atoms with Crippen LogP contribution < -0.4 is 10.2 Å². The fourth-order valence-corrected chi connectivity index (χ4v) is 10.6. The molecule has 0 bridgehead atoms. The minimum absolute atomic E-state index is 0.0321. The molecule has 0 aliphatic heterocycles. The van der Waals surface area contributed by atoms with Crippen molar-refractivity contribution < 1.29 is 37.3 Å². The Hall–Kier alpha value is -3.07. The van der Waals surface area contributed by atoms with Crippen molar-refractivity contribution in [3.8, 4) is 0 Å². The molecule has 3 unspecified atom stereocenters. The first-order valence-corrected chi connectivity index (χ1v) is 36.5. The number of quaternary nitrogens is 1. The number of allylic oxidation sites excluding steroid dienone is 15. The van der Waals surface area contributed by atoms with E-state index in [-0.39, 0.29) is 31.3 Å². The SMILES string of the molecule is CC/C=C\C/C=C\C/C=C\C/C=C\C/C=C\CCCCCC(=O)NC(COP(=O)([O-])OCC[N+](C)(C)C)C(/C=C\CCCCCCCCCCCC)OC(=O)CCCCCCCCCCCCCCCCCCC/C=C\C/C=C\CCCCC. The summed E-state index contributed by atoms with van der Waals surface area (Å²) in [5.74, 6) is -0.574. The maximum atomic E-state index is 13.6. The predicted molar refractivity (Wildman–Crippen MR) is 362 cm³/mol. The van der Waals surface area contributed by atoms with Crippen molar-refractivity contribution >= 4 is 19.7 Å². The lowest BCUT2D eigenvalue weighted by Crippen LogP contribution is -2.47. The number of amides is 1. The Balaban J connectivity index is 5.08. The first-order chi connectivity index (χ1) is 40.9. The van der Waals surface area contributed by atoms with Gasteiger partial charge in [0.25, 0.3) is 7.82 Å². The fraction of sp³-hybridized carbons (Fsp3) is 0.757. The second-order valence-electron chi connectivity index (χ2n) is 24.6. The van der Waals surface area contributed by atoms with Gasteiger partial charge < -0.3 is 28.5 Å². The van der Waals surface area contributed by atoms with Gasteiger partial charge in [0.2, 0.25) is 5.91 Å². The molecular weight excluding hydrogens is 1060 g/mol. The molecule has 0 spiro atoms. The van der Waals surface area contributed by atoms with Crippen LogP contribution in [0.1, 0.15) is 310 Å². The molecule has 1 amide bonds. The third-order valence-electron chi connectivity index (χ3n) is 15.2. The van der Waals surface area contributed by atoms with Crippen LogP contribution in [0.3, 0.4) is 0 Å². The second-order valence-corrected chi connectivity index (χ2v) is 26.1. The topological polar surface area (TPSA) is 114 Å². The number of nitrogens with zero attached hydrogens (tertiary/aromatic N) is 1. The van der Waals surface area contributed by atoms with Crippen molar-refractivity contribution in [1.82, 2.24) is 5.32 Å². The number of carbonyl (C=O) groups excluding carboxylic acids is 2. The van der Waals surface area contributed by atoms with E-state index in [4.69, 9.17) is 13.8 Å². The van der Waals surface area contributed by atoms with Gasteiger partial charge in [-0.15, -0.1) is 0 Å². The average molecular weight is 1190 g/mol. The monoisotopic (exact) mass is 1190 g/mol. The summed E-state index contributed by atoms with van der Waals surface area (Å²) in [6, 6.07) is -0.911. The van der Waals surface area contributed by atoms with Gasteiger partial charge >= 0.3 is 5.97 Å². The molecule has 0 aromatic heterocycles. The smallest absolute Gasteiger partial charge is 0.306 e. The third-order valence-corrected chi connectivity index (χ3v) is 16.2. The molecule has 0 aliphatic rings. The standard InChI is InChI=1S/C74H133N2O7P/c1-7-10-13-16-19-22-25-28-30-32-34-35-36-37-38-39-40-41-43-45-47-49-52-55-58-61-64-67-74(78)83-72(65-62-59-56-53-50-27-24-21-18-15-12-9-3)71(70-82-84(79,80)81-69-68-76(4,5)6)75-73(77)66-63-60-57-54-51-48-46-44-42-33-31-29-26-23-20-17-14-11-8-2/h11,14,19-20,22-23,28-31,42,44,48,51,62,65,71-72H,7-10,12-13,15-18,21,24-27,32-41,43,45-47,49-50,52-61,63-64,66-70H2,1-6H3,(H-,75,77,79,80)/b14-11-,22-19-,23-20-,30-28-,31-29-,44-42-,51-48-,65-62-. The summed E-state index contributed by atoms with van der Waals surface area (Å²) in [6.45, 7) is 6.70. The third kappa shape index (κ3) is 63.4. The van der Waals surface area contributed by atoms with Gasteiger partial charge in [-0.25, -0.2) is 0 Å². The molecular formula is C74H133N2O7P. The van der Waals surface area contributed by atoms with Crippen molar-refractivity contribution in [2.75, 3.05) is 40.9 Å². The highest BCUT2D eigenvalue weighted by molar-refractivity contribution is 7.45. The van der Waals surface area contributed by atoms with Crippen molar-refractivity contribution in [2.45, 2.75) is 322 Å². The maximum absolute atomic E-state index is 13.6. The van der Waals surface area contributed by atoms with Gasteiger partial charge in [-0.1, -0.05) is 285 Å². The number of rotatable bonds is 63. The van der Waals surface area contributed by atoms with Gasteiger partial charge in [0.05, 0.1) is 33.8 Å². The van der Waals surface area contributed by atoms with E-state index in [0.717, 1.165) is 96.3 Å². The van der Waals surface area contributed by atoms with E-state index < -0.39 is 26.6 Å². The summed E-state index contributed by atoms with van der Waals surface area (Å²) >= 11 is 0. The van der Waals surface area contributed by atoms with Crippen LogP contribution in [0.4, 0.5) is 0 Å². The highest BCUT2D eigenvalue weighted by atomic mass is 31.2. The molecule has 0 saturated carbocycles. The number of ether oxygens (including phenoxy) is 1. The van der Waals surface area contributed by atoms with Crippen LogP contribution in [0.25, 0.3) is 0 Å². The molecule has 0 radical (unpaired) electrons. The molecule has 1 N–H and O–H groups in total. The van der Waals surface area contributed by atoms with E-state index in [9.17, 15) is 19.0 Å². The van der Waals surface area contributed by atoms with Crippen LogP contribution in [-0.4, -0.2) is 69.4 Å². The molecule has 9 nitrogen and oxygen atoms in total. The molecule has 0 aromatic rings. The second kappa shape index (κ2) is 63.0. The van der Waals surface area contributed by atoms with Gasteiger partial charge in [-0.3, -0.25) is 14.2 Å². The van der Waals surface area contributed by atoms with Crippen LogP contribution >= 0.6 is 7.82 Å². The van der Waals surface area contributed by atoms with Crippen molar-refractivity contribution in [3.05, 3.63) is 97.2 Å². The minimum atomic E-state index is -4.72. The summed E-state index contributed by atoms with van der Waals surface area (Å²) in [7, 11) is 1.16. The number of carbonyl (C=O) groups is 2. The Morgan fingerprint density at radius 3 is 1.18 bits per heavy atom. The molecule has 0 aliphatic carbocycles. The Labute approximate surface area is 519 Å². The van der Waals surface area contributed by atoms with E-state index >= 15 is 0 Å². The first kappa shape index (κ1) is 80.9. The molecule has 0 rings (SSSR count). The van der Waals surface area contributed by atoms with Gasteiger partial charge in [0.15, 0.2) is 0 Å². The summed E-state index contributed by atoms with van der Waals surface area (Å²) in [5.41, 5.74) is 0. The van der Waals surface area contributed by atoms with E-state index in [1.54, 1.807) is 0 Å². The number of hydrogen-bond donors (Lipinski definition) is 1. The number of esters is 1. The Morgan fingerprint density at radius 2 is 0.762 bits per heavy atom. The highest BCUT2D eigenvalue weighted by Gasteiger charge is 2.27. The van der Waals surface area contributed by atoms with Gasteiger partial charge in [0.1, 0.15) is 19.3 Å². The van der Waals surface area contributed by atoms with E-state index in [2.05, 4.69) is 111 Å². The lowest BCUT2D eigenvalue weighted by molar-refractivity contribution is -0.870. The number of nitrogens with one attached hydrogen (secondary N) is 1. The van der Waals surface area contributed by atoms with Gasteiger partial charge in [-0.05, 0) is 109 Å². The zero-order valence-electron chi connectivity index (χ0n) is 55.6. The molecule has 10 heteroatoms. The molecule has 0 heterocycles. The molecule has 3 atom stereocenters. The average Bonchev–Trinajstić information content (AvgIpc) is 3.64. The number of likely N-dealkylation sites (N-methyl/N-ethyl adjacent to an activating group) is 1. The van der Waals surface area contributed by atoms with Crippen LogP contribution in [0.5, 0.6) is 0 Å². The summed E-state index contributed by atoms with van der Waals surface area (Å²) in [6.07, 6.45) is 85.4. The lowest BCUT2D eigenvalue weighted by Gasteiger charge is -2.30. The number of phosphoric ester groups is 1. The summed E-state index contributed by atoms with van der Waals surface area (Å²) in [4.78, 5) is 40.1. The fourth-order valence-electron chi connectivity index (χ4n) is 9.87. The Bertz CT molecular complexity index is 1760. The van der Waals surface area contributed by atoms with E-state index in [0.29, 0.717) is 17.4 Å². The maximum Gasteiger partial charge on any atom is 0.306 e. The molecule has 486 valence electrons. The molecule has 0 fully saturated rings. The van der Waals surface area contributed by atoms with Crippen molar-refractivity contribution in [2.24, 2.45) is 0 Å². The van der Waals surface area contributed by atoms with Crippen molar-refractivity contribution in [1.29, 1.82) is 0 Å². The van der Waals surface area contributed by atoms with Crippen LogP contribution in [0.2, 0.25) is 0 Å². The zero-order chi connectivity index (χ0) is 61.4. The van der Waals surface area contributed by atoms with Gasteiger partial charge in [0, 0.05) is 12.8 Å². The summed E-state index contributed by atoms with van der Waals surface area (Å²) < 4.78 is 30.4. The Morgan fingerprint density at radius 1 is 0.429 bits per heavy atom. The lowest BCUT2D eigenvalue weighted by atomic mass is 10.0. The predicted octanol–water partition coefficient (Wildman–Crippen LogP) is 21.7. The largest absolute Gasteiger partial charge is 0.756 e. The molecule has 0 saturated heterocycles. The normalized spacial score (nSPS) is 14.1. The first-order valence-electron chi connectivity index (χ1n) is 35.0. The number of hydrogen-bond acceptors (Lipinski definition) is 7. The summed E-state index contributed by atoms with van der Waals surface area (Å²) in [5, 5.41) is 3.02. The van der Waals surface area contributed by atoms with Gasteiger partial charge in [-0.2, -0.15) is 0 Å².